The van der Waals surface area contributed by atoms with Crippen LogP contribution in [0.25, 0.3) is 0 Å². The van der Waals surface area contributed by atoms with Gasteiger partial charge in [0.2, 0.25) is 5.91 Å². The van der Waals surface area contributed by atoms with E-state index in [4.69, 9.17) is 9.47 Å². The number of carbonyl (C=O) groups excluding carboxylic acids is 1. The average molecular weight is 278 g/mol. The van der Waals surface area contributed by atoms with Gasteiger partial charge in [0.25, 0.3) is 0 Å². The molecule has 1 amide bonds. The highest BCUT2D eigenvalue weighted by molar-refractivity contribution is 5.76. The zero-order valence-corrected chi connectivity index (χ0v) is 11.1. The van der Waals surface area contributed by atoms with E-state index in [9.17, 15) is 9.90 Å². The average Bonchev–Trinajstić information content (AvgIpc) is 3.02. The number of hydrogen-bond donors (Lipinski definition) is 2. The number of hydrogen-bond acceptors (Lipinski definition) is 5. The van der Waals surface area contributed by atoms with Gasteiger partial charge in [-0.25, -0.2) is 0 Å². The Bertz CT molecular complexity index is 468. The lowest BCUT2D eigenvalue weighted by molar-refractivity contribution is -0.122. The maximum atomic E-state index is 11.9. The molecule has 2 saturated heterocycles. The molecule has 1 aromatic rings. The summed E-state index contributed by atoms with van der Waals surface area (Å²) in [4.78, 5) is 15.9. The van der Waals surface area contributed by atoms with Gasteiger partial charge in [-0.2, -0.15) is 0 Å². The van der Waals surface area contributed by atoms with E-state index in [1.165, 1.54) is 0 Å². The van der Waals surface area contributed by atoms with Crippen molar-refractivity contribution in [3.8, 4) is 0 Å². The second-order valence-electron chi connectivity index (χ2n) is 5.19. The van der Waals surface area contributed by atoms with Crippen LogP contribution in [0.2, 0.25) is 0 Å². The predicted octanol–water partition coefficient (Wildman–Crippen LogP) is -0.343. The molecule has 0 spiro atoms. The Morgan fingerprint density at radius 3 is 2.85 bits per heavy atom. The second kappa shape index (κ2) is 5.87. The Morgan fingerprint density at radius 1 is 1.30 bits per heavy atom. The summed E-state index contributed by atoms with van der Waals surface area (Å²) in [7, 11) is 0. The number of pyridine rings is 1. The van der Waals surface area contributed by atoms with E-state index >= 15 is 0 Å². The van der Waals surface area contributed by atoms with Gasteiger partial charge >= 0.3 is 0 Å². The number of ether oxygens (including phenoxy) is 2. The first-order valence-electron chi connectivity index (χ1n) is 6.83. The van der Waals surface area contributed by atoms with Crippen LogP contribution in [0.3, 0.4) is 0 Å². The first-order valence-corrected chi connectivity index (χ1v) is 6.83. The largest absolute Gasteiger partial charge is 0.388 e. The second-order valence-corrected chi connectivity index (χ2v) is 5.19. The maximum Gasteiger partial charge on any atom is 0.220 e. The molecule has 3 rings (SSSR count). The summed E-state index contributed by atoms with van der Waals surface area (Å²) in [5, 5.41) is 12.6. The van der Waals surface area contributed by atoms with Crippen molar-refractivity contribution in [3.63, 3.8) is 0 Å². The molecule has 0 aliphatic carbocycles. The highest BCUT2D eigenvalue weighted by Crippen LogP contribution is 2.26. The third-order valence-corrected chi connectivity index (χ3v) is 3.76. The van der Waals surface area contributed by atoms with Crippen LogP contribution in [-0.2, 0) is 20.7 Å². The van der Waals surface area contributed by atoms with Gasteiger partial charge < -0.3 is 19.9 Å². The van der Waals surface area contributed by atoms with Gasteiger partial charge in [0.15, 0.2) is 0 Å². The van der Waals surface area contributed by atoms with Crippen LogP contribution in [0.15, 0.2) is 24.5 Å². The summed E-state index contributed by atoms with van der Waals surface area (Å²) in [5.41, 5.74) is 1.09. The van der Waals surface area contributed by atoms with Crippen LogP contribution in [0.5, 0.6) is 0 Å². The van der Waals surface area contributed by atoms with Crippen molar-refractivity contribution in [2.45, 2.75) is 37.2 Å². The van der Waals surface area contributed by atoms with E-state index in [0.717, 1.165) is 5.56 Å². The van der Waals surface area contributed by atoms with Gasteiger partial charge in [-0.15, -0.1) is 0 Å². The molecule has 4 atom stereocenters. The Balaban J connectivity index is 1.48. The molecule has 0 saturated carbocycles. The van der Waals surface area contributed by atoms with E-state index in [0.29, 0.717) is 19.4 Å². The van der Waals surface area contributed by atoms with Crippen molar-refractivity contribution in [2.75, 3.05) is 13.2 Å². The molecule has 20 heavy (non-hydrogen) atoms. The topological polar surface area (TPSA) is 80.7 Å². The zero-order valence-electron chi connectivity index (χ0n) is 11.1. The minimum absolute atomic E-state index is 0.0268. The van der Waals surface area contributed by atoms with Crippen LogP contribution >= 0.6 is 0 Å². The molecule has 2 fully saturated rings. The summed E-state index contributed by atoms with van der Waals surface area (Å²) in [5.74, 6) is -0.0268. The van der Waals surface area contributed by atoms with Gasteiger partial charge in [0.05, 0.1) is 19.3 Å². The molecule has 0 aromatic carbocycles. The van der Waals surface area contributed by atoms with Gasteiger partial charge in [-0.3, -0.25) is 9.78 Å². The quantitative estimate of drug-likeness (QED) is 0.787. The Morgan fingerprint density at radius 2 is 2.05 bits per heavy atom. The molecular formula is C14H18N2O4. The molecule has 2 aliphatic rings. The van der Waals surface area contributed by atoms with E-state index in [1.54, 1.807) is 12.4 Å². The number of nitrogens with one attached hydrogen (secondary N) is 1. The minimum Gasteiger partial charge on any atom is -0.388 e. The Labute approximate surface area is 117 Å². The highest BCUT2D eigenvalue weighted by Gasteiger charge is 2.47. The zero-order chi connectivity index (χ0) is 13.9. The number of nitrogens with zero attached hydrogens (tertiary/aromatic N) is 1. The fourth-order valence-electron chi connectivity index (χ4n) is 2.69. The first kappa shape index (κ1) is 13.5. The molecule has 0 unspecified atom stereocenters. The van der Waals surface area contributed by atoms with E-state index in [1.807, 2.05) is 12.1 Å². The molecule has 0 radical (unpaired) electrons. The molecule has 2 N–H and O–H groups in total. The summed E-state index contributed by atoms with van der Waals surface area (Å²) in [6, 6.07) is 3.64. The van der Waals surface area contributed by atoms with Crippen molar-refractivity contribution >= 4 is 5.91 Å². The van der Waals surface area contributed by atoms with Crippen molar-refractivity contribution in [1.82, 2.24) is 10.3 Å². The van der Waals surface area contributed by atoms with Crippen molar-refractivity contribution < 1.29 is 19.4 Å². The smallest absolute Gasteiger partial charge is 0.220 e. The fraction of sp³-hybridized carbons (Fsp3) is 0.571. The SMILES string of the molecule is O=C(CCc1ccncc1)N[C@@H]1CO[C@H]2[C@@H]1OC[C@H]2O. The lowest BCUT2D eigenvalue weighted by Gasteiger charge is -2.17. The normalized spacial score (nSPS) is 32.0. The minimum atomic E-state index is -0.585. The molecule has 0 bridgehead atoms. The number of aliphatic hydroxyl groups excluding tert-OH is 1. The van der Waals surface area contributed by atoms with Crippen LogP contribution in [0, 0.1) is 0 Å². The Kier molecular flexibility index (Phi) is 3.95. The van der Waals surface area contributed by atoms with Crippen LogP contribution in [-0.4, -0.2) is 53.6 Å². The summed E-state index contributed by atoms with van der Waals surface area (Å²) in [6.45, 7) is 0.673. The van der Waals surface area contributed by atoms with E-state index in [2.05, 4.69) is 10.3 Å². The van der Waals surface area contributed by atoms with Crippen LogP contribution in [0.4, 0.5) is 0 Å². The highest BCUT2D eigenvalue weighted by atomic mass is 16.6. The third-order valence-electron chi connectivity index (χ3n) is 3.76. The van der Waals surface area contributed by atoms with Gasteiger partial charge in [0.1, 0.15) is 18.3 Å². The first-order chi connectivity index (χ1) is 9.74. The Hall–Kier alpha value is -1.50. The molecule has 108 valence electrons. The number of carbonyl (C=O) groups is 1. The number of fused-ring (bicyclic) bond motifs is 1. The molecule has 3 heterocycles. The number of amides is 1. The predicted molar refractivity (Wildman–Crippen MR) is 70.0 cm³/mol. The summed E-state index contributed by atoms with van der Waals surface area (Å²) < 4.78 is 10.9. The lowest BCUT2D eigenvalue weighted by atomic mass is 10.1. The number of aryl methyl sites for hydroxylation is 1. The van der Waals surface area contributed by atoms with Crippen LogP contribution < -0.4 is 5.32 Å². The fourth-order valence-corrected chi connectivity index (χ4v) is 2.69. The van der Waals surface area contributed by atoms with Gasteiger partial charge in [-0.05, 0) is 24.1 Å². The van der Waals surface area contributed by atoms with Gasteiger partial charge in [0, 0.05) is 18.8 Å². The monoisotopic (exact) mass is 278 g/mol. The summed E-state index contributed by atoms with van der Waals surface area (Å²) >= 11 is 0. The third kappa shape index (κ3) is 2.82. The van der Waals surface area contributed by atoms with Crippen molar-refractivity contribution in [3.05, 3.63) is 30.1 Å². The lowest BCUT2D eigenvalue weighted by Crippen LogP contribution is -2.44. The standard InChI is InChI=1S/C14H18N2O4/c17-11-8-20-13-10(7-19-14(11)13)16-12(18)2-1-9-3-5-15-6-4-9/h3-6,10-11,13-14,17H,1-2,7-8H2,(H,16,18)/t10-,11-,13-,14-/m1/s1. The molecule has 2 aliphatic heterocycles. The molecular weight excluding hydrogens is 260 g/mol. The van der Waals surface area contributed by atoms with Crippen molar-refractivity contribution in [1.29, 1.82) is 0 Å². The van der Waals surface area contributed by atoms with Crippen molar-refractivity contribution in [2.24, 2.45) is 0 Å². The molecule has 6 nitrogen and oxygen atoms in total. The molecule has 1 aromatic heterocycles. The number of aromatic nitrogens is 1. The maximum absolute atomic E-state index is 11.9. The van der Waals surface area contributed by atoms with E-state index in [-0.39, 0.29) is 30.8 Å². The summed E-state index contributed by atoms with van der Waals surface area (Å²) in [6.07, 6.45) is 3.42. The van der Waals surface area contributed by atoms with Gasteiger partial charge in [-0.1, -0.05) is 0 Å². The number of aliphatic hydroxyl groups is 1. The van der Waals surface area contributed by atoms with Crippen LogP contribution in [0.1, 0.15) is 12.0 Å². The number of rotatable bonds is 4. The van der Waals surface area contributed by atoms with E-state index < -0.39 is 6.10 Å². The molecule has 6 heteroatoms.